The van der Waals surface area contributed by atoms with E-state index in [1.54, 1.807) is 24.3 Å². The number of anilines is 1. The van der Waals surface area contributed by atoms with Gasteiger partial charge in [-0.25, -0.2) is 4.98 Å². The summed E-state index contributed by atoms with van der Waals surface area (Å²) in [5.41, 5.74) is 4.38. The highest BCUT2D eigenvalue weighted by atomic mass is 16.5. The van der Waals surface area contributed by atoms with Gasteiger partial charge in [-0.2, -0.15) is 0 Å². The van der Waals surface area contributed by atoms with Crippen LogP contribution in [0.25, 0.3) is 24.3 Å². The maximum atomic E-state index is 9.76. The largest absolute Gasteiger partial charge is 0.504 e. The van der Waals surface area contributed by atoms with Gasteiger partial charge in [0, 0.05) is 19.8 Å². The average Bonchev–Trinajstić information content (AvgIpc) is 2.77. The molecule has 160 valence electrons. The molecule has 0 amide bonds. The molecule has 0 aliphatic carbocycles. The van der Waals surface area contributed by atoms with Crippen molar-refractivity contribution in [2.75, 3.05) is 33.2 Å². The lowest BCUT2D eigenvalue weighted by Crippen LogP contribution is -2.09. The monoisotopic (exact) mass is 418 g/mol. The number of phenolic OH excluding ortho intramolecular Hbond substituents is 2. The first-order chi connectivity index (χ1) is 14.9. The van der Waals surface area contributed by atoms with Crippen molar-refractivity contribution in [3.8, 4) is 23.0 Å². The second kappa shape index (κ2) is 9.71. The number of phenols is 2. The van der Waals surface area contributed by atoms with E-state index in [4.69, 9.17) is 14.5 Å². The zero-order chi connectivity index (χ0) is 22.4. The summed E-state index contributed by atoms with van der Waals surface area (Å²) in [6.07, 6.45) is 7.67. The summed E-state index contributed by atoms with van der Waals surface area (Å²) < 4.78 is 10.3. The Bertz CT molecular complexity index is 1040. The number of pyridine rings is 1. The number of rotatable bonds is 7. The van der Waals surface area contributed by atoms with Crippen LogP contribution in [0.1, 0.15) is 22.5 Å². The Morgan fingerprint density at radius 2 is 1.16 bits per heavy atom. The van der Waals surface area contributed by atoms with Crippen molar-refractivity contribution >= 4 is 30.0 Å². The normalized spacial score (nSPS) is 11.2. The molecule has 6 nitrogen and oxygen atoms in total. The van der Waals surface area contributed by atoms with Crippen LogP contribution in [-0.2, 0) is 0 Å². The molecule has 0 saturated heterocycles. The van der Waals surface area contributed by atoms with E-state index in [-0.39, 0.29) is 11.5 Å². The maximum absolute atomic E-state index is 9.76. The Labute approximate surface area is 182 Å². The highest BCUT2D eigenvalue weighted by molar-refractivity contribution is 5.75. The number of ether oxygens (including phenoxy) is 2. The molecule has 0 aliphatic rings. The fraction of sp³-hybridized carbons (Fsp3) is 0.160. The van der Waals surface area contributed by atoms with Gasteiger partial charge in [0.05, 0.1) is 25.6 Å². The smallest absolute Gasteiger partial charge is 0.161 e. The molecule has 0 fully saturated rings. The summed E-state index contributed by atoms with van der Waals surface area (Å²) in [5, 5.41) is 19.5. The maximum Gasteiger partial charge on any atom is 0.161 e. The standard InChI is InChI=1S/C25H26N2O4/c1-27(2)21-15-19(9-5-17-7-11-22(28)24(13-17)30-3)26-20(16-21)10-6-18-8-12-23(29)25(14-18)31-4/h5-16,28-29H,1-4H3/b9-5+,10-6+. The Morgan fingerprint density at radius 1 is 0.710 bits per heavy atom. The molecule has 0 bridgehead atoms. The molecule has 31 heavy (non-hydrogen) atoms. The van der Waals surface area contributed by atoms with Gasteiger partial charge in [0.25, 0.3) is 0 Å². The van der Waals surface area contributed by atoms with Gasteiger partial charge >= 0.3 is 0 Å². The lowest BCUT2D eigenvalue weighted by atomic mass is 10.1. The third-order valence-electron chi connectivity index (χ3n) is 4.67. The van der Waals surface area contributed by atoms with E-state index in [0.29, 0.717) is 11.5 Å². The van der Waals surface area contributed by atoms with Gasteiger partial charge in [-0.1, -0.05) is 24.3 Å². The minimum Gasteiger partial charge on any atom is -0.504 e. The summed E-state index contributed by atoms with van der Waals surface area (Å²) >= 11 is 0. The van der Waals surface area contributed by atoms with Crippen molar-refractivity contribution in [2.24, 2.45) is 0 Å². The Morgan fingerprint density at radius 3 is 1.55 bits per heavy atom. The summed E-state index contributed by atoms with van der Waals surface area (Å²) in [5.74, 6) is 1.05. The number of hydrogen-bond donors (Lipinski definition) is 2. The first kappa shape index (κ1) is 21.8. The Kier molecular flexibility index (Phi) is 6.82. The molecule has 3 rings (SSSR count). The van der Waals surface area contributed by atoms with Crippen LogP contribution in [0.3, 0.4) is 0 Å². The SMILES string of the molecule is COc1cc(/C=C/c2cc(N(C)C)cc(/C=C/c3ccc(O)c(OC)c3)n2)ccc1O. The van der Waals surface area contributed by atoms with E-state index < -0.39 is 0 Å². The first-order valence-electron chi connectivity index (χ1n) is 9.69. The Hall–Kier alpha value is -3.93. The molecule has 0 spiro atoms. The van der Waals surface area contributed by atoms with Gasteiger partial charge < -0.3 is 24.6 Å². The highest BCUT2D eigenvalue weighted by Crippen LogP contribution is 2.28. The zero-order valence-corrected chi connectivity index (χ0v) is 18.0. The van der Waals surface area contributed by atoms with Crippen LogP contribution in [0.4, 0.5) is 5.69 Å². The molecule has 0 saturated carbocycles. The summed E-state index contributed by atoms with van der Waals surface area (Å²) in [4.78, 5) is 6.72. The molecule has 1 heterocycles. The van der Waals surface area contributed by atoms with Crippen molar-refractivity contribution in [3.63, 3.8) is 0 Å². The third-order valence-corrected chi connectivity index (χ3v) is 4.67. The van der Waals surface area contributed by atoms with Crippen LogP contribution in [0.15, 0.2) is 48.5 Å². The molecular weight excluding hydrogens is 392 g/mol. The van der Waals surface area contributed by atoms with E-state index >= 15 is 0 Å². The predicted octanol–water partition coefficient (Wildman–Crippen LogP) is 4.92. The van der Waals surface area contributed by atoms with E-state index in [9.17, 15) is 10.2 Å². The zero-order valence-electron chi connectivity index (χ0n) is 18.0. The predicted molar refractivity (Wildman–Crippen MR) is 126 cm³/mol. The minimum absolute atomic E-state index is 0.102. The molecule has 2 N–H and O–H groups in total. The van der Waals surface area contributed by atoms with Crippen LogP contribution in [0.2, 0.25) is 0 Å². The van der Waals surface area contributed by atoms with E-state index in [1.807, 2.05) is 67.6 Å². The first-order valence-corrected chi connectivity index (χ1v) is 9.69. The fourth-order valence-corrected chi connectivity index (χ4v) is 2.95. The fourth-order valence-electron chi connectivity index (χ4n) is 2.95. The second-order valence-corrected chi connectivity index (χ2v) is 7.10. The molecule has 3 aromatic rings. The summed E-state index contributed by atoms with van der Waals surface area (Å²) in [7, 11) is 7.00. The van der Waals surface area contributed by atoms with Crippen LogP contribution < -0.4 is 14.4 Å². The van der Waals surface area contributed by atoms with Gasteiger partial charge in [0.15, 0.2) is 23.0 Å². The quantitative estimate of drug-likeness (QED) is 0.567. The van der Waals surface area contributed by atoms with Gasteiger partial charge in [-0.15, -0.1) is 0 Å². The van der Waals surface area contributed by atoms with E-state index in [1.165, 1.54) is 14.2 Å². The molecule has 0 radical (unpaired) electrons. The van der Waals surface area contributed by atoms with E-state index in [0.717, 1.165) is 28.2 Å². The minimum atomic E-state index is 0.102. The molecule has 0 aliphatic heterocycles. The lowest BCUT2D eigenvalue weighted by Gasteiger charge is -2.13. The number of benzene rings is 2. The van der Waals surface area contributed by atoms with Crippen LogP contribution in [0.5, 0.6) is 23.0 Å². The van der Waals surface area contributed by atoms with Crippen LogP contribution in [-0.4, -0.2) is 43.5 Å². The lowest BCUT2D eigenvalue weighted by molar-refractivity contribution is 0.373. The topological polar surface area (TPSA) is 75.1 Å². The molecule has 2 aromatic carbocycles. The number of aromatic hydroxyl groups is 2. The molecule has 0 unspecified atom stereocenters. The molecule has 0 atom stereocenters. The summed E-state index contributed by atoms with van der Waals surface area (Å²) in [6, 6.07) is 14.3. The molecule has 1 aromatic heterocycles. The van der Waals surface area contributed by atoms with Gasteiger partial charge in [-0.3, -0.25) is 0 Å². The molecular formula is C25H26N2O4. The van der Waals surface area contributed by atoms with Gasteiger partial charge in [-0.05, 0) is 59.7 Å². The van der Waals surface area contributed by atoms with Gasteiger partial charge in [0.1, 0.15) is 0 Å². The number of nitrogens with zero attached hydrogens (tertiary/aromatic N) is 2. The van der Waals surface area contributed by atoms with Crippen molar-refractivity contribution in [1.82, 2.24) is 4.98 Å². The summed E-state index contributed by atoms with van der Waals surface area (Å²) in [6.45, 7) is 0. The van der Waals surface area contributed by atoms with Crippen LogP contribution >= 0.6 is 0 Å². The number of methoxy groups -OCH3 is 2. The van der Waals surface area contributed by atoms with Crippen molar-refractivity contribution in [2.45, 2.75) is 0 Å². The Balaban J connectivity index is 1.90. The van der Waals surface area contributed by atoms with Crippen molar-refractivity contribution in [1.29, 1.82) is 0 Å². The van der Waals surface area contributed by atoms with Crippen molar-refractivity contribution < 1.29 is 19.7 Å². The van der Waals surface area contributed by atoms with Gasteiger partial charge in [0.2, 0.25) is 0 Å². The molecule has 6 heteroatoms. The number of hydrogen-bond acceptors (Lipinski definition) is 6. The second-order valence-electron chi connectivity index (χ2n) is 7.10. The number of aromatic nitrogens is 1. The third kappa shape index (κ3) is 5.57. The average molecular weight is 418 g/mol. The van der Waals surface area contributed by atoms with Crippen molar-refractivity contribution in [3.05, 3.63) is 71.0 Å². The highest BCUT2D eigenvalue weighted by Gasteiger charge is 2.04. The van der Waals surface area contributed by atoms with Crippen LogP contribution in [0, 0.1) is 0 Å². The van der Waals surface area contributed by atoms with E-state index in [2.05, 4.69) is 0 Å².